The number of carbonyl (C=O) groups excluding carboxylic acids is 2. The van der Waals surface area contributed by atoms with Gasteiger partial charge in [-0.3, -0.25) is 9.59 Å². The van der Waals surface area contributed by atoms with Gasteiger partial charge in [0.05, 0.1) is 0 Å². The second-order valence-corrected chi connectivity index (χ2v) is 9.59. The minimum absolute atomic E-state index is 0. The second-order valence-electron chi connectivity index (χ2n) is 9.59. The normalized spacial score (nSPS) is 15.6. The van der Waals surface area contributed by atoms with E-state index in [9.17, 15) is 9.59 Å². The van der Waals surface area contributed by atoms with Crippen molar-refractivity contribution in [3.63, 3.8) is 0 Å². The van der Waals surface area contributed by atoms with Gasteiger partial charge in [0.2, 0.25) is 0 Å². The molecule has 36 heavy (non-hydrogen) atoms. The van der Waals surface area contributed by atoms with Crippen molar-refractivity contribution in [2.45, 2.75) is 38.3 Å². The fraction of sp³-hybridized carbons (Fsp3) is 0.226. The maximum Gasteiger partial charge on any atom is 0.251 e. The van der Waals surface area contributed by atoms with Crippen molar-refractivity contribution < 1.29 is 9.59 Å². The van der Waals surface area contributed by atoms with Crippen molar-refractivity contribution in [3.8, 4) is 11.1 Å². The monoisotopic (exact) mass is 496 g/mol. The maximum atomic E-state index is 12.8. The number of nitrogens with one attached hydrogen (secondary N) is 2. The van der Waals surface area contributed by atoms with Gasteiger partial charge in [0.15, 0.2) is 5.78 Å². The summed E-state index contributed by atoms with van der Waals surface area (Å²) in [5.41, 5.74) is 6.66. The highest BCUT2D eigenvalue weighted by molar-refractivity contribution is 6.22. The molecular formula is C31H29ClN2O2. The van der Waals surface area contributed by atoms with Gasteiger partial charge in [-0.2, -0.15) is 0 Å². The van der Waals surface area contributed by atoms with Crippen LogP contribution in [0.15, 0.2) is 78.9 Å². The zero-order chi connectivity index (χ0) is 23.8. The van der Waals surface area contributed by atoms with Crippen LogP contribution in [0.2, 0.25) is 0 Å². The first kappa shape index (κ1) is 24.2. The number of fused-ring (bicyclic) bond motifs is 6. The zero-order valence-corrected chi connectivity index (χ0v) is 20.9. The van der Waals surface area contributed by atoms with Crippen LogP contribution in [0.1, 0.15) is 56.7 Å². The summed E-state index contributed by atoms with van der Waals surface area (Å²) in [5, 5.41) is 9.44. The Morgan fingerprint density at radius 3 is 2.53 bits per heavy atom. The number of hydrogen-bond donors (Lipinski definition) is 2. The number of amides is 1. The summed E-state index contributed by atoms with van der Waals surface area (Å²) in [7, 11) is 0. The predicted octanol–water partition coefficient (Wildman–Crippen LogP) is 6.09. The van der Waals surface area contributed by atoms with Crippen LogP contribution in [0.4, 0.5) is 0 Å². The molecule has 1 heterocycles. The molecule has 0 aromatic heterocycles. The number of halogens is 1. The standard InChI is InChI=1S/C31H28N2O2.ClH/c34-30-26-11-4-3-10-25(26)29-17-21(14-15-27(29)30)31(35)32-16-6-5-8-23-18-28-22(19-33-23)13-12-20-7-1-2-9-24(20)28;/h1-4,7,9-15,17,23,33H,5-6,8,16,18-19H2,(H,32,35);1H. The Bertz CT molecular complexity index is 1460. The Kier molecular flexibility index (Phi) is 6.90. The molecule has 0 bridgehead atoms. The molecule has 1 aliphatic heterocycles. The smallest absolute Gasteiger partial charge is 0.251 e. The van der Waals surface area contributed by atoms with E-state index in [0.29, 0.717) is 29.3 Å². The molecule has 1 amide bonds. The Morgan fingerprint density at radius 2 is 1.64 bits per heavy atom. The summed E-state index contributed by atoms with van der Waals surface area (Å²) < 4.78 is 0. The molecule has 1 aliphatic carbocycles. The van der Waals surface area contributed by atoms with Gasteiger partial charge < -0.3 is 10.6 Å². The fourth-order valence-corrected chi connectivity index (χ4v) is 5.55. The zero-order valence-electron chi connectivity index (χ0n) is 20.1. The summed E-state index contributed by atoms with van der Waals surface area (Å²) in [6, 6.07) is 26.6. The predicted molar refractivity (Wildman–Crippen MR) is 147 cm³/mol. The third kappa shape index (κ3) is 4.43. The van der Waals surface area contributed by atoms with Crippen molar-refractivity contribution in [2.24, 2.45) is 0 Å². The van der Waals surface area contributed by atoms with Crippen molar-refractivity contribution >= 4 is 34.9 Å². The molecule has 0 spiro atoms. The SMILES string of the molecule is Cl.O=C(NCCCCC1Cc2c(ccc3ccccc23)CN1)c1ccc2c(c1)-c1ccccc1C2=O. The number of rotatable bonds is 6. The van der Waals surface area contributed by atoms with E-state index in [0.717, 1.165) is 43.4 Å². The molecular weight excluding hydrogens is 468 g/mol. The number of ketones is 1. The first-order valence-corrected chi connectivity index (χ1v) is 12.5. The molecule has 0 saturated heterocycles. The Morgan fingerprint density at radius 1 is 0.861 bits per heavy atom. The van der Waals surface area contributed by atoms with Crippen LogP contribution in [-0.4, -0.2) is 24.3 Å². The van der Waals surface area contributed by atoms with Crippen LogP contribution in [0.3, 0.4) is 0 Å². The Labute approximate surface area is 217 Å². The number of benzene rings is 4. The van der Waals surface area contributed by atoms with E-state index >= 15 is 0 Å². The molecule has 4 aromatic rings. The Hall–Kier alpha value is -3.47. The molecule has 4 aromatic carbocycles. The molecule has 2 N–H and O–H groups in total. The molecule has 2 aliphatic rings. The van der Waals surface area contributed by atoms with Crippen LogP contribution in [0.25, 0.3) is 21.9 Å². The lowest BCUT2D eigenvalue weighted by Gasteiger charge is -2.27. The highest BCUT2D eigenvalue weighted by Crippen LogP contribution is 2.36. The summed E-state index contributed by atoms with van der Waals surface area (Å²) in [4.78, 5) is 25.3. The summed E-state index contributed by atoms with van der Waals surface area (Å²) in [6.07, 6.45) is 4.15. The second kappa shape index (κ2) is 10.3. The van der Waals surface area contributed by atoms with E-state index < -0.39 is 0 Å². The van der Waals surface area contributed by atoms with Crippen LogP contribution in [0.5, 0.6) is 0 Å². The molecule has 5 heteroatoms. The molecule has 0 radical (unpaired) electrons. The van der Waals surface area contributed by atoms with E-state index in [2.05, 4.69) is 47.0 Å². The van der Waals surface area contributed by atoms with Gasteiger partial charge in [0, 0.05) is 35.8 Å². The Balaban J connectivity index is 0.00000267. The van der Waals surface area contributed by atoms with Gasteiger partial charge in [-0.05, 0) is 70.5 Å². The number of unbranched alkanes of at least 4 members (excludes halogenated alkanes) is 1. The maximum absolute atomic E-state index is 12.8. The van der Waals surface area contributed by atoms with Crippen molar-refractivity contribution in [3.05, 3.63) is 107 Å². The van der Waals surface area contributed by atoms with Crippen LogP contribution in [0, 0.1) is 0 Å². The van der Waals surface area contributed by atoms with Gasteiger partial charge in [-0.25, -0.2) is 0 Å². The van der Waals surface area contributed by atoms with Crippen LogP contribution < -0.4 is 10.6 Å². The lowest BCUT2D eigenvalue weighted by atomic mass is 9.89. The molecule has 0 saturated carbocycles. The van der Waals surface area contributed by atoms with Crippen molar-refractivity contribution in [1.29, 1.82) is 0 Å². The van der Waals surface area contributed by atoms with Crippen molar-refractivity contribution in [2.75, 3.05) is 6.54 Å². The van der Waals surface area contributed by atoms with E-state index in [1.165, 1.54) is 21.9 Å². The lowest BCUT2D eigenvalue weighted by molar-refractivity contribution is 0.0951. The average Bonchev–Trinajstić information content (AvgIpc) is 3.19. The van der Waals surface area contributed by atoms with Crippen LogP contribution >= 0.6 is 12.4 Å². The van der Waals surface area contributed by atoms with E-state index in [1.807, 2.05) is 30.3 Å². The summed E-state index contributed by atoms with van der Waals surface area (Å²) in [5.74, 6) is -0.0460. The first-order chi connectivity index (χ1) is 17.2. The topological polar surface area (TPSA) is 58.2 Å². The molecule has 6 rings (SSSR count). The fourth-order valence-electron chi connectivity index (χ4n) is 5.55. The van der Waals surface area contributed by atoms with Gasteiger partial charge in [0.1, 0.15) is 0 Å². The van der Waals surface area contributed by atoms with E-state index in [-0.39, 0.29) is 24.1 Å². The number of hydrogen-bond acceptors (Lipinski definition) is 3. The van der Waals surface area contributed by atoms with Gasteiger partial charge in [-0.15, -0.1) is 12.4 Å². The third-order valence-corrected chi connectivity index (χ3v) is 7.42. The molecule has 1 unspecified atom stereocenters. The van der Waals surface area contributed by atoms with Crippen molar-refractivity contribution in [1.82, 2.24) is 10.6 Å². The minimum Gasteiger partial charge on any atom is -0.352 e. The number of carbonyl (C=O) groups is 2. The quantitative estimate of drug-likeness (QED) is 0.280. The third-order valence-electron chi connectivity index (χ3n) is 7.42. The minimum atomic E-state index is -0.0826. The average molecular weight is 497 g/mol. The molecule has 4 nitrogen and oxygen atoms in total. The van der Waals surface area contributed by atoms with Gasteiger partial charge >= 0.3 is 0 Å². The summed E-state index contributed by atoms with van der Waals surface area (Å²) in [6.45, 7) is 1.57. The largest absolute Gasteiger partial charge is 0.352 e. The molecule has 182 valence electrons. The summed E-state index contributed by atoms with van der Waals surface area (Å²) >= 11 is 0. The highest BCUT2D eigenvalue weighted by atomic mass is 35.5. The van der Waals surface area contributed by atoms with Gasteiger partial charge in [-0.1, -0.05) is 67.1 Å². The highest BCUT2D eigenvalue weighted by Gasteiger charge is 2.27. The lowest BCUT2D eigenvalue weighted by Crippen LogP contribution is -2.35. The molecule has 0 fully saturated rings. The first-order valence-electron chi connectivity index (χ1n) is 12.5. The van der Waals surface area contributed by atoms with Crippen LogP contribution in [-0.2, 0) is 13.0 Å². The van der Waals surface area contributed by atoms with Gasteiger partial charge in [0.25, 0.3) is 5.91 Å². The van der Waals surface area contributed by atoms with E-state index in [4.69, 9.17) is 0 Å². The van der Waals surface area contributed by atoms with E-state index in [1.54, 1.807) is 12.1 Å². The molecule has 1 atom stereocenters.